The van der Waals surface area contributed by atoms with Gasteiger partial charge in [0, 0.05) is 23.4 Å². The van der Waals surface area contributed by atoms with Crippen molar-refractivity contribution in [1.82, 2.24) is 14.9 Å². The van der Waals surface area contributed by atoms with Gasteiger partial charge in [0.25, 0.3) is 0 Å². The summed E-state index contributed by atoms with van der Waals surface area (Å²) >= 11 is 0. The fraction of sp³-hybridized carbons (Fsp3) is 0.172. The van der Waals surface area contributed by atoms with E-state index in [-0.39, 0.29) is 17.6 Å². The van der Waals surface area contributed by atoms with E-state index in [1.807, 2.05) is 19.2 Å². The first-order valence-electron chi connectivity index (χ1n) is 12.0. The van der Waals surface area contributed by atoms with Crippen molar-refractivity contribution in [3.63, 3.8) is 0 Å². The van der Waals surface area contributed by atoms with Crippen LogP contribution in [0.5, 0.6) is 0 Å². The molecule has 1 saturated heterocycles. The van der Waals surface area contributed by atoms with Crippen molar-refractivity contribution in [2.24, 2.45) is 0 Å². The Morgan fingerprint density at radius 3 is 2.78 bits per heavy atom. The normalized spacial score (nSPS) is 15.6. The largest absolute Gasteiger partial charge is 0.337 e. The Morgan fingerprint density at radius 1 is 1.14 bits per heavy atom. The highest BCUT2D eigenvalue weighted by molar-refractivity contribution is 6.11. The molecule has 1 unspecified atom stereocenters. The Bertz CT molecular complexity index is 1540. The molecule has 0 saturated carbocycles. The maximum atomic E-state index is 14.5. The molecule has 1 atom stereocenters. The molecule has 2 heterocycles. The summed E-state index contributed by atoms with van der Waals surface area (Å²) in [7, 11) is 2.05. The number of rotatable bonds is 6. The zero-order valence-corrected chi connectivity index (χ0v) is 20.3. The van der Waals surface area contributed by atoms with Gasteiger partial charge in [0.1, 0.15) is 18.0 Å². The maximum Gasteiger partial charge on any atom is 0.248 e. The topological polar surface area (TPSA) is 93.9 Å². The molecule has 0 aliphatic carbocycles. The van der Waals surface area contributed by atoms with Gasteiger partial charge in [0.15, 0.2) is 0 Å². The number of carbonyl (C=O) groups excluding carboxylic acids is 1. The van der Waals surface area contributed by atoms with E-state index in [0.29, 0.717) is 39.1 Å². The number of halogens is 1. The molecular weight excluding hydrogens is 467 g/mol. The predicted molar refractivity (Wildman–Crippen MR) is 143 cm³/mol. The molecule has 1 fully saturated rings. The summed E-state index contributed by atoms with van der Waals surface area (Å²) in [6.45, 7) is 1.01. The van der Waals surface area contributed by atoms with E-state index in [9.17, 15) is 14.4 Å². The minimum absolute atomic E-state index is 0.235. The summed E-state index contributed by atoms with van der Waals surface area (Å²) < 4.78 is 14.5. The summed E-state index contributed by atoms with van der Waals surface area (Å²) in [5.74, 6) is -0.307. The van der Waals surface area contributed by atoms with Crippen molar-refractivity contribution in [3.05, 3.63) is 90.5 Å². The average Bonchev–Trinajstić information content (AvgIpc) is 3.33. The zero-order valence-electron chi connectivity index (χ0n) is 20.3. The van der Waals surface area contributed by atoms with E-state index in [2.05, 4.69) is 31.6 Å². The highest BCUT2D eigenvalue weighted by Gasteiger charge is 2.20. The minimum atomic E-state index is -0.422. The standard InChI is InChI=1S/C29H25FN6O/c1-36-15-5-8-21(36)11-14-26(37)34-25-13-12-24-28(27(25)20-7-4-6-19(16-20)17-31)29(33-18-32-24)35-23-10-3-2-9-22(23)30/h2-4,6-7,9-14,16,18,21H,5,8,15H2,1H3,(H,34,37)(H,32,33,35)/b14-11+. The monoisotopic (exact) mass is 492 g/mol. The molecule has 3 aromatic carbocycles. The quantitative estimate of drug-likeness (QED) is 0.338. The van der Waals surface area contributed by atoms with Gasteiger partial charge in [-0.2, -0.15) is 5.26 Å². The lowest BCUT2D eigenvalue weighted by Gasteiger charge is -2.17. The molecule has 0 spiro atoms. The van der Waals surface area contributed by atoms with Crippen LogP contribution in [-0.4, -0.2) is 40.4 Å². The fourth-order valence-corrected chi connectivity index (χ4v) is 4.64. The van der Waals surface area contributed by atoms with Crippen molar-refractivity contribution in [2.75, 3.05) is 24.2 Å². The molecule has 4 aromatic rings. The van der Waals surface area contributed by atoms with E-state index >= 15 is 0 Å². The average molecular weight is 493 g/mol. The number of fused-ring (bicyclic) bond motifs is 1. The Morgan fingerprint density at radius 2 is 2.00 bits per heavy atom. The number of amides is 1. The molecule has 1 amide bonds. The lowest BCUT2D eigenvalue weighted by molar-refractivity contribution is -0.111. The summed E-state index contributed by atoms with van der Waals surface area (Å²) in [5.41, 5.74) is 3.20. The number of hydrogen-bond acceptors (Lipinski definition) is 6. The summed E-state index contributed by atoms with van der Waals surface area (Å²) in [6.07, 6.45) is 7.01. The second-order valence-corrected chi connectivity index (χ2v) is 8.94. The van der Waals surface area contributed by atoms with Crippen LogP contribution < -0.4 is 10.6 Å². The molecule has 184 valence electrons. The number of likely N-dealkylation sites (N-methyl/N-ethyl adjacent to an activating group) is 1. The van der Waals surface area contributed by atoms with Crippen LogP contribution >= 0.6 is 0 Å². The third-order valence-corrected chi connectivity index (χ3v) is 6.52. The molecule has 1 aliphatic rings. The van der Waals surface area contributed by atoms with E-state index in [1.165, 1.54) is 12.4 Å². The lowest BCUT2D eigenvalue weighted by Crippen LogP contribution is -2.23. The van der Waals surface area contributed by atoms with Gasteiger partial charge < -0.3 is 10.6 Å². The highest BCUT2D eigenvalue weighted by Crippen LogP contribution is 2.39. The van der Waals surface area contributed by atoms with Gasteiger partial charge in [0.2, 0.25) is 5.91 Å². The molecule has 5 rings (SSSR count). The molecule has 0 radical (unpaired) electrons. The molecule has 37 heavy (non-hydrogen) atoms. The van der Waals surface area contributed by atoms with Gasteiger partial charge in [0.05, 0.1) is 28.2 Å². The van der Waals surface area contributed by atoms with E-state index in [0.717, 1.165) is 19.4 Å². The molecule has 1 aromatic heterocycles. The molecular formula is C29H25FN6O. The van der Waals surface area contributed by atoms with Gasteiger partial charge in [-0.1, -0.05) is 30.3 Å². The first kappa shape index (κ1) is 24.1. The minimum Gasteiger partial charge on any atom is -0.337 e. The van der Waals surface area contributed by atoms with Crippen LogP contribution in [0.4, 0.5) is 21.6 Å². The van der Waals surface area contributed by atoms with E-state index in [4.69, 9.17) is 0 Å². The number of hydrogen-bond donors (Lipinski definition) is 2. The summed E-state index contributed by atoms with van der Waals surface area (Å²) in [6, 6.07) is 19.4. The summed E-state index contributed by atoms with van der Waals surface area (Å²) in [5, 5.41) is 16.2. The van der Waals surface area contributed by atoms with Crippen LogP contribution in [0.25, 0.3) is 22.0 Å². The number of nitriles is 1. The number of carbonyl (C=O) groups is 1. The zero-order chi connectivity index (χ0) is 25.8. The van der Waals surface area contributed by atoms with Crippen molar-refractivity contribution >= 4 is 34.0 Å². The molecule has 2 N–H and O–H groups in total. The van der Waals surface area contributed by atoms with Crippen LogP contribution in [0.3, 0.4) is 0 Å². The van der Waals surface area contributed by atoms with Crippen molar-refractivity contribution in [2.45, 2.75) is 18.9 Å². The molecule has 7 nitrogen and oxygen atoms in total. The predicted octanol–water partition coefficient (Wildman–Crippen LogP) is 5.64. The van der Waals surface area contributed by atoms with E-state index < -0.39 is 5.82 Å². The maximum absolute atomic E-state index is 14.5. The fourth-order valence-electron chi connectivity index (χ4n) is 4.64. The van der Waals surface area contributed by atoms with Gasteiger partial charge >= 0.3 is 0 Å². The van der Waals surface area contributed by atoms with Crippen LogP contribution in [-0.2, 0) is 4.79 Å². The van der Waals surface area contributed by atoms with Crippen molar-refractivity contribution in [1.29, 1.82) is 5.26 Å². The van der Waals surface area contributed by atoms with Gasteiger partial charge in [-0.25, -0.2) is 14.4 Å². The Hall–Kier alpha value is -4.61. The Balaban J connectivity index is 1.62. The van der Waals surface area contributed by atoms with Gasteiger partial charge in [-0.05, 0) is 68.4 Å². The Kier molecular flexibility index (Phi) is 6.88. The SMILES string of the molecule is CN1CCCC1/C=C/C(=O)Nc1ccc2ncnc(Nc3ccccc3F)c2c1-c1cccc(C#N)c1. The number of aromatic nitrogens is 2. The van der Waals surface area contributed by atoms with Crippen LogP contribution in [0, 0.1) is 17.1 Å². The third-order valence-electron chi connectivity index (χ3n) is 6.52. The van der Waals surface area contributed by atoms with Crippen molar-refractivity contribution in [3.8, 4) is 17.2 Å². The number of nitrogens with one attached hydrogen (secondary N) is 2. The first-order valence-corrected chi connectivity index (χ1v) is 12.0. The molecule has 0 bridgehead atoms. The number of nitrogens with zero attached hydrogens (tertiary/aromatic N) is 4. The first-order chi connectivity index (χ1) is 18.0. The third kappa shape index (κ3) is 5.17. The number of likely N-dealkylation sites (tertiary alicyclic amines) is 1. The lowest BCUT2D eigenvalue weighted by atomic mass is 9.97. The highest BCUT2D eigenvalue weighted by atomic mass is 19.1. The van der Waals surface area contributed by atoms with Crippen LogP contribution in [0.1, 0.15) is 18.4 Å². The number of para-hydroxylation sites is 1. The number of benzene rings is 3. The second-order valence-electron chi connectivity index (χ2n) is 8.94. The van der Waals surface area contributed by atoms with Crippen molar-refractivity contribution < 1.29 is 9.18 Å². The number of anilines is 3. The molecule has 8 heteroatoms. The van der Waals surface area contributed by atoms with E-state index in [1.54, 1.807) is 54.6 Å². The van der Waals surface area contributed by atoms with Gasteiger partial charge in [-0.15, -0.1) is 0 Å². The molecule has 1 aliphatic heterocycles. The van der Waals surface area contributed by atoms with Gasteiger partial charge in [-0.3, -0.25) is 9.69 Å². The van der Waals surface area contributed by atoms with Crippen LogP contribution in [0.15, 0.2) is 79.1 Å². The van der Waals surface area contributed by atoms with Crippen LogP contribution in [0.2, 0.25) is 0 Å². The Labute approximate surface area is 214 Å². The summed E-state index contributed by atoms with van der Waals surface area (Å²) in [4.78, 5) is 24.0. The smallest absolute Gasteiger partial charge is 0.248 e. The second kappa shape index (κ2) is 10.6.